The molecule has 0 amide bonds. The second-order valence-corrected chi connectivity index (χ2v) is 5.69. The van der Waals surface area contributed by atoms with E-state index in [9.17, 15) is 13.2 Å². The van der Waals surface area contributed by atoms with Gasteiger partial charge in [-0.05, 0) is 37.8 Å². The minimum Gasteiger partial charge on any atom is -0.329 e. The van der Waals surface area contributed by atoms with Crippen LogP contribution in [0, 0.1) is 11.8 Å². The molecule has 0 spiro atoms. The molecule has 0 saturated carbocycles. The number of hydrogen-bond donors (Lipinski definition) is 1. The van der Waals surface area contributed by atoms with Gasteiger partial charge in [0.15, 0.2) is 0 Å². The fourth-order valence-electron chi connectivity index (χ4n) is 1.76. The zero-order valence-corrected chi connectivity index (χ0v) is 11.9. The Labute approximate surface area is 109 Å². The molecule has 0 aromatic carbocycles. The highest BCUT2D eigenvalue weighted by Crippen LogP contribution is 2.25. The maximum atomic E-state index is 12.9. The number of rotatable bonds is 8. The average Bonchev–Trinajstić information content (AvgIpc) is 2.19. The molecule has 110 valence electrons. The van der Waals surface area contributed by atoms with Crippen molar-refractivity contribution in [2.75, 3.05) is 19.6 Å². The highest BCUT2D eigenvalue weighted by molar-refractivity contribution is 4.80. The summed E-state index contributed by atoms with van der Waals surface area (Å²) in [4.78, 5) is 1.50. The topological polar surface area (TPSA) is 29.3 Å². The Bertz CT molecular complexity index is 203. The molecular formula is C13H27F3N2. The molecule has 0 rings (SSSR count). The van der Waals surface area contributed by atoms with Crippen LogP contribution in [-0.2, 0) is 0 Å². The summed E-state index contributed by atoms with van der Waals surface area (Å²) in [6, 6.07) is -1.50. The van der Waals surface area contributed by atoms with Crippen LogP contribution in [0.2, 0.25) is 0 Å². The molecule has 0 aliphatic rings. The van der Waals surface area contributed by atoms with Gasteiger partial charge in [-0.2, -0.15) is 13.2 Å². The van der Waals surface area contributed by atoms with E-state index in [1.165, 1.54) is 4.90 Å². The van der Waals surface area contributed by atoms with Crippen LogP contribution in [0.15, 0.2) is 0 Å². The summed E-state index contributed by atoms with van der Waals surface area (Å²) in [7, 11) is 0. The second-order valence-electron chi connectivity index (χ2n) is 5.69. The smallest absolute Gasteiger partial charge is 0.329 e. The van der Waals surface area contributed by atoms with E-state index in [1.807, 2.05) is 27.7 Å². The lowest BCUT2D eigenvalue weighted by atomic mass is 10.1. The van der Waals surface area contributed by atoms with E-state index < -0.39 is 12.2 Å². The highest BCUT2D eigenvalue weighted by Gasteiger charge is 2.42. The molecule has 1 unspecified atom stereocenters. The third-order valence-electron chi connectivity index (χ3n) is 3.03. The van der Waals surface area contributed by atoms with Gasteiger partial charge in [0.2, 0.25) is 0 Å². The van der Waals surface area contributed by atoms with Crippen molar-refractivity contribution < 1.29 is 13.2 Å². The predicted molar refractivity (Wildman–Crippen MR) is 69.4 cm³/mol. The largest absolute Gasteiger partial charge is 0.405 e. The molecule has 1 atom stereocenters. The molecule has 0 radical (unpaired) electrons. The van der Waals surface area contributed by atoms with Gasteiger partial charge in [-0.3, -0.25) is 4.90 Å². The number of hydrogen-bond acceptors (Lipinski definition) is 2. The van der Waals surface area contributed by atoms with Crippen LogP contribution in [0.5, 0.6) is 0 Å². The van der Waals surface area contributed by atoms with Gasteiger partial charge in [-0.25, -0.2) is 0 Å². The van der Waals surface area contributed by atoms with Crippen LogP contribution in [0.4, 0.5) is 13.2 Å². The zero-order valence-electron chi connectivity index (χ0n) is 11.9. The van der Waals surface area contributed by atoms with Gasteiger partial charge >= 0.3 is 6.18 Å². The van der Waals surface area contributed by atoms with Crippen molar-refractivity contribution in [3.05, 3.63) is 0 Å². The molecule has 5 heteroatoms. The third kappa shape index (κ3) is 7.21. The highest BCUT2D eigenvalue weighted by atomic mass is 19.4. The van der Waals surface area contributed by atoms with E-state index in [0.29, 0.717) is 24.9 Å². The van der Waals surface area contributed by atoms with Gasteiger partial charge in [-0.1, -0.05) is 27.7 Å². The van der Waals surface area contributed by atoms with Crippen molar-refractivity contribution in [3.8, 4) is 0 Å². The molecular weight excluding hydrogens is 241 g/mol. The van der Waals surface area contributed by atoms with Crippen molar-refractivity contribution in [2.45, 2.75) is 52.8 Å². The number of halogens is 3. The van der Waals surface area contributed by atoms with E-state index >= 15 is 0 Å². The Morgan fingerprint density at radius 1 is 0.944 bits per heavy atom. The van der Waals surface area contributed by atoms with Gasteiger partial charge in [0.1, 0.15) is 6.04 Å². The molecule has 2 nitrogen and oxygen atoms in total. The maximum Gasteiger partial charge on any atom is 0.405 e. The molecule has 0 aliphatic carbocycles. The Morgan fingerprint density at radius 2 is 1.33 bits per heavy atom. The summed E-state index contributed by atoms with van der Waals surface area (Å²) in [5, 5.41) is 0. The summed E-state index contributed by atoms with van der Waals surface area (Å²) in [5.74, 6) is 0.802. The van der Waals surface area contributed by atoms with Crippen LogP contribution in [0.3, 0.4) is 0 Å². The molecule has 0 heterocycles. The summed E-state index contributed by atoms with van der Waals surface area (Å²) in [6.07, 6.45) is -2.70. The summed E-state index contributed by atoms with van der Waals surface area (Å²) >= 11 is 0. The first-order valence-electron chi connectivity index (χ1n) is 6.69. The molecule has 0 fully saturated rings. The van der Waals surface area contributed by atoms with Crippen molar-refractivity contribution in [1.29, 1.82) is 0 Å². The second kappa shape index (κ2) is 8.00. The first-order chi connectivity index (χ1) is 8.18. The molecule has 0 aliphatic heterocycles. The average molecular weight is 268 g/mol. The van der Waals surface area contributed by atoms with E-state index in [2.05, 4.69) is 0 Å². The quantitative estimate of drug-likeness (QED) is 0.732. The third-order valence-corrected chi connectivity index (χ3v) is 3.03. The summed E-state index contributed by atoms with van der Waals surface area (Å²) in [5.41, 5.74) is 5.31. The van der Waals surface area contributed by atoms with E-state index in [4.69, 9.17) is 5.73 Å². The molecule has 2 N–H and O–H groups in total. The Kier molecular flexibility index (Phi) is 7.87. The minimum atomic E-state index is -4.23. The van der Waals surface area contributed by atoms with Crippen molar-refractivity contribution >= 4 is 0 Å². The Balaban J connectivity index is 4.59. The number of alkyl halides is 3. The van der Waals surface area contributed by atoms with Crippen LogP contribution in [0.25, 0.3) is 0 Å². The standard InChI is InChI=1S/C13H27F3N2/c1-10(2)5-7-18(8-6-11(3)4)12(9-17)13(14,15)16/h10-12H,5-9,17H2,1-4H3. The zero-order chi connectivity index (χ0) is 14.3. The van der Waals surface area contributed by atoms with E-state index in [0.717, 1.165) is 12.8 Å². The van der Waals surface area contributed by atoms with Crippen LogP contribution >= 0.6 is 0 Å². The van der Waals surface area contributed by atoms with Crippen molar-refractivity contribution in [2.24, 2.45) is 17.6 Å². The molecule has 0 saturated heterocycles. The lowest BCUT2D eigenvalue weighted by molar-refractivity contribution is -0.181. The van der Waals surface area contributed by atoms with E-state index in [-0.39, 0.29) is 6.54 Å². The fourth-order valence-corrected chi connectivity index (χ4v) is 1.76. The van der Waals surface area contributed by atoms with Crippen molar-refractivity contribution in [3.63, 3.8) is 0 Å². The van der Waals surface area contributed by atoms with E-state index in [1.54, 1.807) is 0 Å². The Hall–Kier alpha value is -0.290. The first kappa shape index (κ1) is 17.7. The molecule has 0 aromatic rings. The van der Waals surface area contributed by atoms with Crippen molar-refractivity contribution in [1.82, 2.24) is 4.90 Å². The lowest BCUT2D eigenvalue weighted by Crippen LogP contribution is -2.51. The van der Waals surface area contributed by atoms with Crippen LogP contribution < -0.4 is 5.73 Å². The normalized spacial score (nSPS) is 14.8. The number of nitrogens with zero attached hydrogens (tertiary/aromatic N) is 1. The SMILES string of the molecule is CC(C)CCN(CCC(C)C)C(CN)C(F)(F)F. The fraction of sp³-hybridized carbons (Fsp3) is 1.00. The summed E-state index contributed by atoms with van der Waals surface area (Å²) < 4.78 is 38.7. The minimum absolute atomic E-state index is 0.361. The maximum absolute atomic E-state index is 12.9. The summed E-state index contributed by atoms with van der Waals surface area (Å²) in [6.45, 7) is 8.64. The first-order valence-corrected chi connectivity index (χ1v) is 6.69. The van der Waals surface area contributed by atoms with Gasteiger partial charge in [0, 0.05) is 6.54 Å². The molecule has 0 aromatic heterocycles. The predicted octanol–water partition coefficient (Wildman–Crippen LogP) is 3.27. The molecule has 0 bridgehead atoms. The Morgan fingerprint density at radius 3 is 1.56 bits per heavy atom. The lowest BCUT2D eigenvalue weighted by Gasteiger charge is -2.33. The number of nitrogens with two attached hydrogens (primary N) is 1. The molecule has 18 heavy (non-hydrogen) atoms. The monoisotopic (exact) mass is 268 g/mol. The van der Waals surface area contributed by atoms with Gasteiger partial charge < -0.3 is 5.73 Å². The van der Waals surface area contributed by atoms with Gasteiger partial charge in [0.25, 0.3) is 0 Å². The van der Waals surface area contributed by atoms with Gasteiger partial charge in [0.05, 0.1) is 0 Å². The van der Waals surface area contributed by atoms with Crippen LogP contribution in [-0.4, -0.2) is 36.8 Å². The van der Waals surface area contributed by atoms with Crippen LogP contribution in [0.1, 0.15) is 40.5 Å². The van der Waals surface area contributed by atoms with Gasteiger partial charge in [-0.15, -0.1) is 0 Å².